The number of ether oxygens (including phenoxy) is 2. The fourth-order valence-corrected chi connectivity index (χ4v) is 6.30. The van der Waals surface area contributed by atoms with E-state index in [1.165, 1.54) is 64.2 Å². The molecule has 1 unspecified atom stereocenters. The third-order valence-electron chi connectivity index (χ3n) is 8.89. The van der Waals surface area contributed by atoms with E-state index < -0.39 is 51.8 Å². The third kappa shape index (κ3) is 39.9. The SMILES string of the molecule is CCCCC/C=C\C/C=C\C/C=C\C/C=C\CCCC(=O)OC[C@H](COP(=O)(O)OC[C@@H](O)CO)OC(=O)CCCCCCC/C=C\CCCCCCCCC. The van der Waals surface area contributed by atoms with Gasteiger partial charge in [0.15, 0.2) is 6.10 Å². The van der Waals surface area contributed by atoms with Crippen molar-refractivity contribution in [3.63, 3.8) is 0 Å². The molecule has 0 radical (unpaired) electrons. The van der Waals surface area contributed by atoms with Crippen molar-refractivity contribution in [1.82, 2.24) is 0 Å². The first kappa shape index (κ1) is 53.7. The van der Waals surface area contributed by atoms with Gasteiger partial charge < -0.3 is 24.6 Å². The van der Waals surface area contributed by atoms with Gasteiger partial charge in [0.05, 0.1) is 19.8 Å². The second kappa shape index (κ2) is 40.9. The van der Waals surface area contributed by atoms with Crippen molar-refractivity contribution in [3.8, 4) is 0 Å². The Morgan fingerprint density at radius 3 is 1.50 bits per heavy atom. The predicted molar refractivity (Wildman–Crippen MR) is 228 cm³/mol. The topological polar surface area (TPSA) is 149 Å². The van der Waals surface area contributed by atoms with Crippen molar-refractivity contribution < 1.29 is 47.8 Å². The number of carbonyl (C=O) groups is 2. The summed E-state index contributed by atoms with van der Waals surface area (Å²) in [4.78, 5) is 35.0. The summed E-state index contributed by atoms with van der Waals surface area (Å²) in [6.07, 6.45) is 44.8. The second-order valence-corrected chi connectivity index (χ2v) is 15.8. The van der Waals surface area contributed by atoms with Crippen molar-refractivity contribution >= 4 is 19.8 Å². The molecule has 0 heterocycles. The average molecular weight is 811 g/mol. The summed E-state index contributed by atoms with van der Waals surface area (Å²) in [6, 6.07) is 0. The van der Waals surface area contributed by atoms with E-state index in [-0.39, 0.29) is 19.4 Å². The Bertz CT molecular complexity index is 1120. The molecule has 0 rings (SSSR count). The third-order valence-corrected chi connectivity index (χ3v) is 9.85. The van der Waals surface area contributed by atoms with Gasteiger partial charge in [0.1, 0.15) is 12.7 Å². The zero-order valence-corrected chi connectivity index (χ0v) is 36.0. The maximum atomic E-state index is 12.6. The lowest BCUT2D eigenvalue weighted by molar-refractivity contribution is -0.161. The van der Waals surface area contributed by atoms with Crippen LogP contribution in [0, 0.1) is 0 Å². The van der Waals surface area contributed by atoms with E-state index in [2.05, 4.69) is 73.1 Å². The minimum Gasteiger partial charge on any atom is -0.462 e. The summed E-state index contributed by atoms with van der Waals surface area (Å²) in [7, 11) is -4.63. The maximum absolute atomic E-state index is 12.6. The van der Waals surface area contributed by atoms with Gasteiger partial charge in [-0.25, -0.2) is 4.57 Å². The number of esters is 2. The highest BCUT2D eigenvalue weighted by Crippen LogP contribution is 2.43. The molecule has 3 N–H and O–H groups in total. The first-order valence-electron chi connectivity index (χ1n) is 21.7. The van der Waals surface area contributed by atoms with Crippen LogP contribution in [0.5, 0.6) is 0 Å². The molecular weight excluding hydrogens is 731 g/mol. The Morgan fingerprint density at radius 2 is 0.946 bits per heavy atom. The van der Waals surface area contributed by atoms with E-state index in [1.54, 1.807) is 0 Å². The Labute approximate surface area is 340 Å². The fraction of sp³-hybridized carbons (Fsp3) is 0.733. The molecule has 0 spiro atoms. The van der Waals surface area contributed by atoms with Gasteiger partial charge in [0.2, 0.25) is 0 Å². The molecule has 10 nitrogen and oxygen atoms in total. The summed E-state index contributed by atoms with van der Waals surface area (Å²) < 4.78 is 32.6. The van der Waals surface area contributed by atoms with Crippen molar-refractivity contribution in [2.75, 3.05) is 26.4 Å². The fourth-order valence-electron chi connectivity index (χ4n) is 5.51. The van der Waals surface area contributed by atoms with Gasteiger partial charge in [-0.1, -0.05) is 145 Å². The first-order chi connectivity index (χ1) is 27.2. The first-order valence-corrected chi connectivity index (χ1v) is 23.2. The lowest BCUT2D eigenvalue weighted by Gasteiger charge is -2.20. The molecule has 0 amide bonds. The van der Waals surface area contributed by atoms with Crippen molar-refractivity contribution in [1.29, 1.82) is 0 Å². The number of phosphoric ester groups is 1. The van der Waals surface area contributed by atoms with Gasteiger partial charge in [-0.3, -0.25) is 18.6 Å². The van der Waals surface area contributed by atoms with Crippen molar-refractivity contribution in [2.45, 2.75) is 187 Å². The molecule has 0 aromatic heterocycles. The standard InChI is InChI=1S/C45H79O10P/c1-3-5-7-9-11-13-15-17-19-21-23-24-26-28-30-32-34-36-44(48)52-40-43(41-54-56(50,51)53-39-42(47)38-46)55-45(49)37-35-33-31-29-27-25-22-20-18-16-14-12-10-8-6-4-2/h11,13,17,19-20,22-24,28,30,42-43,46-47H,3-10,12,14-16,18,21,25-27,29,31-41H2,1-2H3,(H,50,51)/b13-11-,19-17-,22-20-,24-23-,30-28-/t42-,43+/m0/s1. The molecule has 0 saturated heterocycles. The van der Waals surface area contributed by atoms with Crippen LogP contribution in [0.1, 0.15) is 174 Å². The van der Waals surface area contributed by atoms with Gasteiger partial charge in [-0.2, -0.15) is 0 Å². The van der Waals surface area contributed by atoms with E-state index in [0.717, 1.165) is 64.2 Å². The van der Waals surface area contributed by atoms with Crippen LogP contribution in [0.25, 0.3) is 0 Å². The number of unbranched alkanes of at least 4 members (excludes halogenated alkanes) is 16. The number of phosphoric acid groups is 1. The van der Waals surface area contributed by atoms with Crippen LogP contribution in [0.4, 0.5) is 0 Å². The molecular formula is C45H79O10P. The molecule has 0 aliphatic rings. The molecule has 11 heteroatoms. The maximum Gasteiger partial charge on any atom is 0.472 e. The number of aliphatic hydroxyl groups excluding tert-OH is 2. The highest BCUT2D eigenvalue weighted by molar-refractivity contribution is 7.47. The van der Waals surface area contributed by atoms with E-state index >= 15 is 0 Å². The highest BCUT2D eigenvalue weighted by atomic mass is 31.2. The lowest BCUT2D eigenvalue weighted by Crippen LogP contribution is -2.29. The van der Waals surface area contributed by atoms with Crippen LogP contribution in [0.15, 0.2) is 60.8 Å². The molecule has 56 heavy (non-hydrogen) atoms. The van der Waals surface area contributed by atoms with E-state index in [4.69, 9.17) is 19.1 Å². The van der Waals surface area contributed by atoms with Gasteiger partial charge in [-0.15, -0.1) is 0 Å². The highest BCUT2D eigenvalue weighted by Gasteiger charge is 2.27. The van der Waals surface area contributed by atoms with E-state index in [0.29, 0.717) is 19.3 Å². The van der Waals surface area contributed by atoms with Crippen molar-refractivity contribution in [3.05, 3.63) is 60.8 Å². The van der Waals surface area contributed by atoms with E-state index in [1.807, 2.05) is 6.08 Å². The number of allylic oxidation sites excluding steroid dienone is 10. The normalized spacial score (nSPS) is 14.4. The molecule has 0 aromatic carbocycles. The summed E-state index contributed by atoms with van der Waals surface area (Å²) >= 11 is 0. The van der Waals surface area contributed by atoms with Crippen LogP contribution in [-0.4, -0.2) is 65.7 Å². The lowest BCUT2D eigenvalue weighted by atomic mass is 10.1. The minimum absolute atomic E-state index is 0.161. The quantitative estimate of drug-likeness (QED) is 0.0236. The Hall–Kier alpha value is -2.33. The number of hydrogen-bond acceptors (Lipinski definition) is 9. The monoisotopic (exact) mass is 811 g/mol. The minimum atomic E-state index is -4.63. The number of hydrogen-bond donors (Lipinski definition) is 3. The summed E-state index contributed by atoms with van der Waals surface area (Å²) in [6.45, 7) is 2.27. The molecule has 324 valence electrons. The molecule has 0 bridgehead atoms. The number of aliphatic hydroxyl groups is 2. The molecule has 0 saturated carbocycles. The Kier molecular flexibility index (Phi) is 39.2. The van der Waals surface area contributed by atoms with Gasteiger partial charge in [0.25, 0.3) is 0 Å². The zero-order valence-electron chi connectivity index (χ0n) is 35.1. The van der Waals surface area contributed by atoms with Crippen molar-refractivity contribution in [2.24, 2.45) is 0 Å². The molecule has 0 aromatic rings. The van der Waals surface area contributed by atoms with Gasteiger partial charge >= 0.3 is 19.8 Å². The summed E-state index contributed by atoms with van der Waals surface area (Å²) in [5, 5.41) is 18.3. The molecule has 3 atom stereocenters. The summed E-state index contributed by atoms with van der Waals surface area (Å²) in [5.41, 5.74) is 0. The van der Waals surface area contributed by atoms with Crippen LogP contribution in [0.2, 0.25) is 0 Å². The summed E-state index contributed by atoms with van der Waals surface area (Å²) in [5.74, 6) is -1.00. The second-order valence-electron chi connectivity index (χ2n) is 14.4. The molecule has 0 fully saturated rings. The largest absolute Gasteiger partial charge is 0.472 e. The number of rotatable bonds is 40. The average Bonchev–Trinajstić information content (AvgIpc) is 3.19. The van der Waals surface area contributed by atoms with Crippen LogP contribution in [0.3, 0.4) is 0 Å². The molecule has 0 aliphatic carbocycles. The Balaban J connectivity index is 4.41. The Morgan fingerprint density at radius 1 is 0.536 bits per heavy atom. The van der Waals surface area contributed by atoms with E-state index in [9.17, 15) is 24.2 Å². The zero-order chi connectivity index (χ0) is 41.2. The van der Waals surface area contributed by atoms with Crippen LogP contribution < -0.4 is 0 Å². The van der Waals surface area contributed by atoms with Gasteiger partial charge in [-0.05, 0) is 77.0 Å². The molecule has 0 aliphatic heterocycles. The van der Waals surface area contributed by atoms with Crippen LogP contribution >= 0.6 is 7.82 Å². The number of carbonyl (C=O) groups excluding carboxylic acids is 2. The predicted octanol–water partition coefficient (Wildman–Crippen LogP) is 11.5. The van der Waals surface area contributed by atoms with Crippen LogP contribution in [-0.2, 0) is 32.7 Å². The smallest absolute Gasteiger partial charge is 0.462 e. The van der Waals surface area contributed by atoms with Gasteiger partial charge in [0, 0.05) is 12.8 Å².